The first-order valence-electron chi connectivity index (χ1n) is 5.66. The summed E-state index contributed by atoms with van der Waals surface area (Å²) < 4.78 is 0. The number of aliphatic hydroxyl groups excluding tert-OH is 1. The molecule has 1 aliphatic heterocycles. The summed E-state index contributed by atoms with van der Waals surface area (Å²) in [5, 5.41) is 12.9. The zero-order valence-electron chi connectivity index (χ0n) is 8.72. The van der Waals surface area contributed by atoms with E-state index in [4.69, 9.17) is 0 Å². The van der Waals surface area contributed by atoms with E-state index in [2.05, 4.69) is 15.3 Å². The standard InChI is InChI=1S/C11H16N2OS/c14-10-3-4-13(6-10)5-9-7-15-11(12-9)8-1-2-8/h7-8,10,14H,1-6H2/t10-/m0/s1. The predicted molar refractivity (Wildman–Crippen MR) is 60.0 cm³/mol. The van der Waals surface area contributed by atoms with Crippen molar-refractivity contribution in [2.45, 2.75) is 37.8 Å². The van der Waals surface area contributed by atoms with E-state index in [1.807, 2.05) is 0 Å². The Morgan fingerprint density at radius 1 is 1.47 bits per heavy atom. The monoisotopic (exact) mass is 224 g/mol. The number of hydrogen-bond acceptors (Lipinski definition) is 4. The van der Waals surface area contributed by atoms with E-state index in [1.165, 1.54) is 23.5 Å². The summed E-state index contributed by atoms with van der Waals surface area (Å²) in [6.07, 6.45) is 3.45. The fourth-order valence-corrected chi connectivity index (χ4v) is 3.08. The minimum Gasteiger partial charge on any atom is -0.392 e. The highest BCUT2D eigenvalue weighted by molar-refractivity contribution is 7.09. The van der Waals surface area contributed by atoms with Crippen LogP contribution in [0.4, 0.5) is 0 Å². The molecule has 82 valence electrons. The van der Waals surface area contributed by atoms with Gasteiger partial charge in [0.2, 0.25) is 0 Å². The second kappa shape index (κ2) is 3.85. The van der Waals surface area contributed by atoms with Crippen LogP contribution in [0.2, 0.25) is 0 Å². The van der Waals surface area contributed by atoms with Crippen molar-refractivity contribution >= 4 is 11.3 Å². The fourth-order valence-electron chi connectivity index (χ4n) is 2.10. The highest BCUT2D eigenvalue weighted by Gasteiger charge is 2.27. The molecule has 1 aromatic rings. The van der Waals surface area contributed by atoms with Gasteiger partial charge in [0, 0.05) is 30.9 Å². The molecule has 1 aromatic heterocycles. The molecule has 1 atom stereocenters. The smallest absolute Gasteiger partial charge is 0.0959 e. The van der Waals surface area contributed by atoms with Crippen molar-refractivity contribution in [1.82, 2.24) is 9.88 Å². The molecule has 1 N–H and O–H groups in total. The van der Waals surface area contributed by atoms with Crippen LogP contribution in [0.3, 0.4) is 0 Å². The molecule has 3 rings (SSSR count). The first-order valence-corrected chi connectivity index (χ1v) is 6.54. The van der Waals surface area contributed by atoms with E-state index in [0.717, 1.165) is 32.0 Å². The van der Waals surface area contributed by atoms with Gasteiger partial charge in [-0.15, -0.1) is 11.3 Å². The molecular formula is C11H16N2OS. The number of nitrogens with zero attached hydrogens (tertiary/aromatic N) is 2. The molecule has 1 saturated heterocycles. The van der Waals surface area contributed by atoms with E-state index in [-0.39, 0.29) is 6.10 Å². The Morgan fingerprint density at radius 2 is 2.33 bits per heavy atom. The Balaban J connectivity index is 1.61. The number of aliphatic hydroxyl groups is 1. The molecule has 4 heteroatoms. The minimum absolute atomic E-state index is 0.119. The Hall–Kier alpha value is -0.450. The Labute approximate surface area is 93.8 Å². The first-order chi connectivity index (χ1) is 7.31. The first kappa shape index (κ1) is 9.75. The number of β-amino-alcohol motifs (C(OH)–C–C–N with tert-alkyl or cyclic N) is 1. The molecule has 2 aliphatic rings. The molecule has 1 saturated carbocycles. The molecule has 15 heavy (non-hydrogen) atoms. The van der Waals surface area contributed by atoms with Gasteiger partial charge in [-0.25, -0.2) is 4.98 Å². The van der Waals surface area contributed by atoms with Crippen molar-refractivity contribution in [3.63, 3.8) is 0 Å². The van der Waals surface area contributed by atoms with Crippen LogP contribution in [0, 0.1) is 0 Å². The number of rotatable bonds is 3. The minimum atomic E-state index is -0.119. The topological polar surface area (TPSA) is 36.4 Å². The molecule has 0 aromatic carbocycles. The summed E-state index contributed by atoms with van der Waals surface area (Å²) in [6.45, 7) is 2.74. The van der Waals surface area contributed by atoms with E-state index in [9.17, 15) is 5.11 Å². The number of thiazole rings is 1. The van der Waals surface area contributed by atoms with Gasteiger partial charge in [-0.2, -0.15) is 0 Å². The van der Waals surface area contributed by atoms with E-state index >= 15 is 0 Å². The number of likely N-dealkylation sites (tertiary alicyclic amines) is 1. The van der Waals surface area contributed by atoms with Crippen LogP contribution in [0.1, 0.15) is 35.9 Å². The lowest BCUT2D eigenvalue weighted by atomic mass is 10.3. The average molecular weight is 224 g/mol. The lowest BCUT2D eigenvalue weighted by Gasteiger charge is -2.12. The molecule has 0 bridgehead atoms. The van der Waals surface area contributed by atoms with E-state index in [1.54, 1.807) is 11.3 Å². The molecule has 0 unspecified atom stereocenters. The van der Waals surface area contributed by atoms with Crippen LogP contribution in [0.15, 0.2) is 5.38 Å². The van der Waals surface area contributed by atoms with Gasteiger partial charge in [0.1, 0.15) is 0 Å². The second-order valence-electron chi connectivity index (χ2n) is 4.63. The van der Waals surface area contributed by atoms with Gasteiger partial charge in [-0.05, 0) is 19.3 Å². The van der Waals surface area contributed by atoms with Crippen LogP contribution in [0.5, 0.6) is 0 Å². The summed E-state index contributed by atoms with van der Waals surface area (Å²) in [5.41, 5.74) is 1.19. The van der Waals surface area contributed by atoms with Crippen molar-refractivity contribution < 1.29 is 5.11 Å². The largest absolute Gasteiger partial charge is 0.392 e. The predicted octanol–water partition coefficient (Wildman–Crippen LogP) is 1.59. The molecule has 0 amide bonds. The molecule has 1 aliphatic carbocycles. The van der Waals surface area contributed by atoms with Crippen LogP contribution >= 0.6 is 11.3 Å². The maximum atomic E-state index is 9.42. The zero-order valence-corrected chi connectivity index (χ0v) is 9.54. The Kier molecular flexibility index (Phi) is 2.50. The molecular weight excluding hydrogens is 208 g/mol. The molecule has 0 radical (unpaired) electrons. The van der Waals surface area contributed by atoms with Gasteiger partial charge in [0.15, 0.2) is 0 Å². The summed E-state index contributed by atoms with van der Waals surface area (Å²) >= 11 is 1.80. The fraction of sp³-hybridized carbons (Fsp3) is 0.727. The average Bonchev–Trinajstić information content (AvgIpc) is 2.84. The maximum Gasteiger partial charge on any atom is 0.0959 e. The lowest BCUT2D eigenvalue weighted by molar-refractivity contribution is 0.174. The number of hydrogen-bond donors (Lipinski definition) is 1. The number of aromatic nitrogens is 1. The highest BCUT2D eigenvalue weighted by Crippen LogP contribution is 2.41. The van der Waals surface area contributed by atoms with Crippen LogP contribution in [0.25, 0.3) is 0 Å². The van der Waals surface area contributed by atoms with Gasteiger partial charge < -0.3 is 5.11 Å². The van der Waals surface area contributed by atoms with Crippen molar-refractivity contribution in [1.29, 1.82) is 0 Å². The van der Waals surface area contributed by atoms with Gasteiger partial charge in [0.25, 0.3) is 0 Å². The summed E-state index contributed by atoms with van der Waals surface area (Å²) in [5.74, 6) is 0.771. The SMILES string of the molecule is O[C@H]1CCN(Cc2csc(C3CC3)n2)C1. The second-order valence-corrected chi connectivity index (χ2v) is 5.52. The molecule has 2 fully saturated rings. The normalized spacial score (nSPS) is 27.4. The summed E-state index contributed by atoms with van der Waals surface area (Å²) in [6, 6.07) is 0. The van der Waals surface area contributed by atoms with Gasteiger partial charge >= 0.3 is 0 Å². The third-order valence-electron chi connectivity index (χ3n) is 3.13. The summed E-state index contributed by atoms with van der Waals surface area (Å²) in [7, 11) is 0. The quantitative estimate of drug-likeness (QED) is 0.847. The van der Waals surface area contributed by atoms with Crippen LogP contribution in [-0.4, -0.2) is 34.2 Å². The Bertz CT molecular complexity index is 348. The van der Waals surface area contributed by atoms with Crippen molar-refractivity contribution in [2.24, 2.45) is 0 Å². The molecule has 0 spiro atoms. The third kappa shape index (κ3) is 2.22. The van der Waals surface area contributed by atoms with E-state index in [0.29, 0.717) is 0 Å². The lowest BCUT2D eigenvalue weighted by Crippen LogP contribution is -2.21. The van der Waals surface area contributed by atoms with Crippen LogP contribution < -0.4 is 0 Å². The van der Waals surface area contributed by atoms with Crippen molar-refractivity contribution in [3.05, 3.63) is 16.1 Å². The van der Waals surface area contributed by atoms with Gasteiger partial charge in [0.05, 0.1) is 16.8 Å². The van der Waals surface area contributed by atoms with Crippen molar-refractivity contribution in [3.8, 4) is 0 Å². The summed E-state index contributed by atoms with van der Waals surface area (Å²) in [4.78, 5) is 6.94. The van der Waals surface area contributed by atoms with Crippen molar-refractivity contribution in [2.75, 3.05) is 13.1 Å². The highest BCUT2D eigenvalue weighted by atomic mass is 32.1. The maximum absolute atomic E-state index is 9.42. The van der Waals surface area contributed by atoms with Crippen LogP contribution in [-0.2, 0) is 6.54 Å². The van der Waals surface area contributed by atoms with Gasteiger partial charge in [-0.1, -0.05) is 0 Å². The third-order valence-corrected chi connectivity index (χ3v) is 4.19. The molecule has 3 nitrogen and oxygen atoms in total. The van der Waals surface area contributed by atoms with E-state index < -0.39 is 0 Å². The molecule has 2 heterocycles. The Morgan fingerprint density at radius 3 is 3.00 bits per heavy atom. The zero-order chi connectivity index (χ0) is 10.3. The van der Waals surface area contributed by atoms with Gasteiger partial charge in [-0.3, -0.25) is 4.90 Å².